The van der Waals surface area contributed by atoms with Crippen molar-refractivity contribution in [3.63, 3.8) is 0 Å². The number of aromatic nitrogens is 1. The Kier molecular flexibility index (Phi) is 5.06. The molecule has 2 saturated heterocycles. The quantitative estimate of drug-likeness (QED) is 0.914. The van der Waals surface area contributed by atoms with E-state index in [0.717, 1.165) is 25.4 Å². The van der Waals surface area contributed by atoms with E-state index >= 15 is 0 Å². The summed E-state index contributed by atoms with van der Waals surface area (Å²) in [6.07, 6.45) is 1.80. The molecule has 3 heterocycles. The number of ether oxygens (including phenoxy) is 1. The minimum Gasteiger partial charge on any atom is -0.497 e. The average molecular weight is 362 g/mol. The van der Waals surface area contributed by atoms with Crippen LogP contribution in [0.25, 0.3) is 0 Å². The second-order valence-corrected chi connectivity index (χ2v) is 6.88. The summed E-state index contributed by atoms with van der Waals surface area (Å²) in [5.74, 6) is 2.03. The van der Waals surface area contributed by atoms with E-state index in [0.29, 0.717) is 23.6 Å². The molecule has 2 aliphatic heterocycles. The highest BCUT2D eigenvalue weighted by Gasteiger charge is 2.47. The molecule has 2 aromatic rings. The summed E-state index contributed by atoms with van der Waals surface area (Å²) in [6, 6.07) is 12.4. The van der Waals surface area contributed by atoms with E-state index in [9.17, 15) is 4.79 Å². The van der Waals surface area contributed by atoms with Crippen molar-refractivity contribution in [2.75, 3.05) is 33.8 Å². The topological polar surface area (TPSA) is 48.6 Å². The van der Waals surface area contributed by atoms with Crippen molar-refractivity contribution < 1.29 is 9.53 Å². The molecule has 0 spiro atoms. The van der Waals surface area contributed by atoms with Crippen LogP contribution in [0.4, 0.5) is 0 Å². The molecule has 1 aromatic heterocycles. The Hall–Kier alpha value is -1.98. The number of aromatic amines is 1. The Morgan fingerprint density at radius 3 is 2.56 bits per heavy atom. The maximum Gasteiger partial charge on any atom is 0.270 e. The number of nitrogens with one attached hydrogen (secondary N) is 1. The molecule has 2 aliphatic rings. The molecule has 5 nitrogen and oxygen atoms in total. The van der Waals surface area contributed by atoms with Crippen LogP contribution in [0.3, 0.4) is 0 Å². The highest BCUT2D eigenvalue weighted by Crippen LogP contribution is 2.44. The normalized spacial score (nSPS) is 25.5. The highest BCUT2D eigenvalue weighted by molar-refractivity contribution is 5.92. The maximum atomic E-state index is 12.6. The van der Waals surface area contributed by atoms with Gasteiger partial charge in [-0.3, -0.25) is 9.69 Å². The SMILES string of the molecule is COc1ccc([C@H]2[C@@H]3CN(C(=O)c4ccc[nH]4)C[C@@H]3CN2C)cc1.Cl. The number of H-pyrrole nitrogens is 1. The minimum absolute atomic E-state index is 0. The molecule has 6 heteroatoms. The fraction of sp³-hybridized carbons (Fsp3) is 0.421. The first kappa shape index (κ1) is 17.8. The van der Waals surface area contributed by atoms with Crippen LogP contribution in [0, 0.1) is 11.8 Å². The third kappa shape index (κ3) is 3.14. The highest BCUT2D eigenvalue weighted by atomic mass is 35.5. The number of nitrogens with zero attached hydrogens (tertiary/aromatic N) is 2. The van der Waals surface area contributed by atoms with Gasteiger partial charge in [0.15, 0.2) is 0 Å². The Balaban J connectivity index is 0.00000182. The number of fused-ring (bicyclic) bond motifs is 1. The lowest BCUT2D eigenvalue weighted by molar-refractivity contribution is 0.0762. The summed E-state index contributed by atoms with van der Waals surface area (Å²) in [6.45, 7) is 2.71. The van der Waals surface area contributed by atoms with Crippen molar-refractivity contribution in [2.45, 2.75) is 6.04 Å². The van der Waals surface area contributed by atoms with Gasteiger partial charge in [-0.1, -0.05) is 12.1 Å². The monoisotopic (exact) mass is 361 g/mol. The first-order chi connectivity index (χ1) is 11.7. The first-order valence-corrected chi connectivity index (χ1v) is 8.44. The summed E-state index contributed by atoms with van der Waals surface area (Å²) in [5, 5.41) is 0. The van der Waals surface area contributed by atoms with E-state index in [1.807, 2.05) is 29.2 Å². The number of methoxy groups -OCH3 is 1. The molecule has 4 rings (SSSR count). The number of benzene rings is 1. The van der Waals surface area contributed by atoms with Gasteiger partial charge < -0.3 is 14.6 Å². The average Bonchev–Trinajstić information content (AvgIpc) is 3.30. The molecule has 0 unspecified atom stereocenters. The van der Waals surface area contributed by atoms with Gasteiger partial charge in [0.25, 0.3) is 5.91 Å². The summed E-state index contributed by atoms with van der Waals surface area (Å²) >= 11 is 0. The van der Waals surface area contributed by atoms with Gasteiger partial charge in [-0.25, -0.2) is 0 Å². The summed E-state index contributed by atoms with van der Waals surface area (Å²) in [5.41, 5.74) is 1.99. The largest absolute Gasteiger partial charge is 0.497 e. The van der Waals surface area contributed by atoms with Crippen molar-refractivity contribution in [1.82, 2.24) is 14.8 Å². The van der Waals surface area contributed by atoms with Crippen LogP contribution >= 0.6 is 12.4 Å². The molecule has 1 aromatic carbocycles. The van der Waals surface area contributed by atoms with E-state index in [1.165, 1.54) is 5.56 Å². The molecule has 2 fully saturated rings. The molecule has 0 radical (unpaired) electrons. The van der Waals surface area contributed by atoms with Crippen molar-refractivity contribution in [3.8, 4) is 5.75 Å². The van der Waals surface area contributed by atoms with E-state index in [4.69, 9.17) is 4.74 Å². The minimum atomic E-state index is 0. The molecule has 0 aliphatic carbocycles. The predicted molar refractivity (Wildman–Crippen MR) is 99.3 cm³/mol. The number of rotatable bonds is 3. The Morgan fingerprint density at radius 1 is 1.16 bits per heavy atom. The Labute approximate surface area is 154 Å². The lowest BCUT2D eigenvalue weighted by atomic mass is 9.89. The van der Waals surface area contributed by atoms with Crippen molar-refractivity contribution in [2.24, 2.45) is 11.8 Å². The van der Waals surface area contributed by atoms with Crippen LogP contribution < -0.4 is 4.74 Å². The lowest BCUT2D eigenvalue weighted by Gasteiger charge is -2.27. The number of likely N-dealkylation sites (tertiary alicyclic amines) is 2. The molecule has 1 N–H and O–H groups in total. The van der Waals surface area contributed by atoms with Gasteiger partial charge >= 0.3 is 0 Å². The summed E-state index contributed by atoms with van der Waals surface area (Å²) < 4.78 is 5.27. The van der Waals surface area contributed by atoms with Crippen LogP contribution in [0.2, 0.25) is 0 Å². The van der Waals surface area contributed by atoms with Crippen molar-refractivity contribution in [1.29, 1.82) is 0 Å². The van der Waals surface area contributed by atoms with Gasteiger partial charge in [0.2, 0.25) is 0 Å². The van der Waals surface area contributed by atoms with Crippen molar-refractivity contribution >= 4 is 18.3 Å². The molecule has 134 valence electrons. The van der Waals surface area contributed by atoms with Crippen LogP contribution in [-0.4, -0.2) is 54.5 Å². The zero-order valence-corrected chi connectivity index (χ0v) is 15.3. The van der Waals surface area contributed by atoms with Crippen LogP contribution in [-0.2, 0) is 0 Å². The third-order valence-corrected chi connectivity index (χ3v) is 5.47. The molecule has 0 saturated carbocycles. The number of carbonyl (C=O) groups excluding carboxylic acids is 1. The van der Waals surface area contributed by atoms with Gasteiger partial charge in [0.05, 0.1) is 7.11 Å². The molecule has 25 heavy (non-hydrogen) atoms. The van der Waals surface area contributed by atoms with E-state index in [1.54, 1.807) is 13.3 Å². The second kappa shape index (κ2) is 7.10. The van der Waals surface area contributed by atoms with Gasteiger partial charge in [-0.15, -0.1) is 12.4 Å². The van der Waals surface area contributed by atoms with Gasteiger partial charge in [0, 0.05) is 37.8 Å². The van der Waals surface area contributed by atoms with E-state index < -0.39 is 0 Å². The van der Waals surface area contributed by atoms with Crippen molar-refractivity contribution in [3.05, 3.63) is 53.9 Å². The number of hydrogen-bond acceptors (Lipinski definition) is 3. The van der Waals surface area contributed by atoms with Gasteiger partial charge in [-0.05, 0) is 42.8 Å². The number of halogens is 1. The van der Waals surface area contributed by atoms with Gasteiger partial charge in [-0.2, -0.15) is 0 Å². The molecule has 3 atom stereocenters. The number of hydrogen-bond donors (Lipinski definition) is 1. The first-order valence-electron chi connectivity index (χ1n) is 8.44. The Bertz CT molecular complexity index is 717. The summed E-state index contributed by atoms with van der Waals surface area (Å²) in [7, 11) is 3.87. The fourth-order valence-electron chi connectivity index (χ4n) is 4.36. The zero-order chi connectivity index (χ0) is 16.7. The molecule has 1 amide bonds. The fourth-order valence-corrected chi connectivity index (χ4v) is 4.36. The van der Waals surface area contributed by atoms with Crippen LogP contribution in [0.15, 0.2) is 42.6 Å². The lowest BCUT2D eigenvalue weighted by Crippen LogP contribution is -2.33. The maximum absolute atomic E-state index is 12.6. The standard InChI is InChI=1S/C19H23N3O2.ClH/c1-21-10-14-11-22(19(23)17-4-3-9-20-17)12-16(14)18(21)13-5-7-15(24-2)8-6-13;/h3-9,14,16,18,20H,10-12H2,1-2H3;1H/t14-,16+,18-;/m0./s1. The van der Waals surface area contributed by atoms with Gasteiger partial charge in [0.1, 0.15) is 11.4 Å². The smallest absolute Gasteiger partial charge is 0.270 e. The second-order valence-electron chi connectivity index (χ2n) is 6.88. The zero-order valence-electron chi connectivity index (χ0n) is 14.5. The molecule has 0 bridgehead atoms. The van der Waals surface area contributed by atoms with Crippen LogP contribution in [0.5, 0.6) is 5.75 Å². The van der Waals surface area contributed by atoms with E-state index in [2.05, 4.69) is 29.1 Å². The Morgan fingerprint density at radius 2 is 1.92 bits per heavy atom. The van der Waals surface area contributed by atoms with Crippen LogP contribution in [0.1, 0.15) is 22.1 Å². The summed E-state index contributed by atoms with van der Waals surface area (Å²) in [4.78, 5) is 20.1. The van der Waals surface area contributed by atoms with E-state index in [-0.39, 0.29) is 18.3 Å². The number of carbonyl (C=O) groups is 1. The molecular formula is C19H24ClN3O2. The predicted octanol–water partition coefficient (Wildman–Crippen LogP) is 2.82. The third-order valence-electron chi connectivity index (χ3n) is 5.47. The molecular weight excluding hydrogens is 338 g/mol. The number of amides is 1.